The van der Waals surface area contributed by atoms with E-state index in [0.717, 1.165) is 37.2 Å². The Kier molecular flexibility index (Phi) is 8.25. The normalized spacial score (nSPS) is 23.7. The second-order valence-corrected chi connectivity index (χ2v) is 7.10. The van der Waals surface area contributed by atoms with Crippen molar-refractivity contribution in [2.45, 2.75) is 31.5 Å². The Hall–Kier alpha value is -0.570. The fraction of sp³-hybridized carbons (Fsp3) is 0.611. The maximum Gasteiger partial charge on any atom is 0.193 e. The van der Waals surface area contributed by atoms with E-state index in [2.05, 4.69) is 26.2 Å². The van der Waals surface area contributed by atoms with Gasteiger partial charge in [0.15, 0.2) is 5.96 Å². The Labute approximate surface area is 172 Å². The summed E-state index contributed by atoms with van der Waals surface area (Å²) in [4.78, 5) is 9.05. The second-order valence-electron chi connectivity index (χ2n) is 6.66. The van der Waals surface area contributed by atoms with Crippen molar-refractivity contribution in [2.75, 3.05) is 40.3 Å². The van der Waals surface area contributed by atoms with Gasteiger partial charge in [0.05, 0.1) is 12.7 Å². The molecule has 2 saturated heterocycles. The lowest BCUT2D eigenvalue weighted by molar-refractivity contribution is -0.0454. The summed E-state index contributed by atoms with van der Waals surface area (Å²) in [5.74, 6) is 0.877. The van der Waals surface area contributed by atoms with Gasteiger partial charge in [0.25, 0.3) is 0 Å². The van der Waals surface area contributed by atoms with E-state index < -0.39 is 0 Å². The van der Waals surface area contributed by atoms with Crippen LogP contribution >= 0.6 is 35.6 Å². The minimum atomic E-state index is 0. The highest BCUT2D eigenvalue weighted by Gasteiger charge is 2.32. The molecule has 3 rings (SSSR count). The quantitative estimate of drug-likeness (QED) is 0.410. The van der Waals surface area contributed by atoms with Crippen LogP contribution in [0.25, 0.3) is 0 Å². The predicted octanol–water partition coefficient (Wildman–Crippen LogP) is 2.83. The number of benzene rings is 1. The van der Waals surface area contributed by atoms with Gasteiger partial charge < -0.3 is 15.0 Å². The fourth-order valence-electron chi connectivity index (χ4n) is 3.58. The van der Waals surface area contributed by atoms with Crippen LogP contribution < -0.4 is 5.32 Å². The van der Waals surface area contributed by atoms with Crippen LogP contribution in [0.2, 0.25) is 5.02 Å². The largest absolute Gasteiger partial charge is 0.373 e. The number of nitrogens with one attached hydrogen (secondary N) is 1. The van der Waals surface area contributed by atoms with E-state index in [1.54, 1.807) is 0 Å². The van der Waals surface area contributed by atoms with Crippen LogP contribution in [0.5, 0.6) is 0 Å². The molecule has 140 valence electrons. The summed E-state index contributed by atoms with van der Waals surface area (Å²) in [6, 6.07) is 8.58. The van der Waals surface area contributed by atoms with Gasteiger partial charge in [-0.3, -0.25) is 9.89 Å². The van der Waals surface area contributed by atoms with Crippen molar-refractivity contribution < 1.29 is 4.74 Å². The molecule has 2 fully saturated rings. The van der Waals surface area contributed by atoms with Gasteiger partial charge in [0.2, 0.25) is 0 Å². The third-order valence-electron chi connectivity index (χ3n) is 4.83. The third kappa shape index (κ3) is 5.70. The molecule has 1 aromatic carbocycles. The zero-order valence-corrected chi connectivity index (χ0v) is 18.0. The lowest BCUT2D eigenvalue weighted by Crippen LogP contribution is -2.51. The number of aliphatic imine (C=N–C) groups is 1. The van der Waals surface area contributed by atoms with E-state index in [9.17, 15) is 0 Å². The van der Waals surface area contributed by atoms with Gasteiger partial charge in [-0.2, -0.15) is 0 Å². The first kappa shape index (κ1) is 20.7. The van der Waals surface area contributed by atoms with Crippen LogP contribution in [-0.4, -0.2) is 68.2 Å². The van der Waals surface area contributed by atoms with Crippen molar-refractivity contribution in [1.82, 2.24) is 15.1 Å². The minimum absolute atomic E-state index is 0. The van der Waals surface area contributed by atoms with Crippen molar-refractivity contribution in [3.63, 3.8) is 0 Å². The summed E-state index contributed by atoms with van der Waals surface area (Å²) >= 11 is 6.06. The molecule has 0 radical (unpaired) electrons. The van der Waals surface area contributed by atoms with E-state index in [1.807, 2.05) is 32.3 Å². The van der Waals surface area contributed by atoms with Crippen molar-refractivity contribution >= 4 is 41.5 Å². The Bertz CT molecular complexity index is 586. The van der Waals surface area contributed by atoms with Gasteiger partial charge in [-0.05, 0) is 37.1 Å². The molecule has 2 unspecified atom stereocenters. The lowest BCUT2D eigenvalue weighted by Gasteiger charge is -2.35. The van der Waals surface area contributed by atoms with Gasteiger partial charge in [0.1, 0.15) is 0 Å². The molecule has 7 heteroatoms. The summed E-state index contributed by atoms with van der Waals surface area (Å²) in [5.41, 5.74) is 1.17. The maximum atomic E-state index is 6.06. The average molecular weight is 479 g/mol. The van der Waals surface area contributed by atoms with Crippen LogP contribution in [0.4, 0.5) is 0 Å². The van der Waals surface area contributed by atoms with Gasteiger partial charge in [0, 0.05) is 44.8 Å². The Morgan fingerprint density at radius 3 is 3.08 bits per heavy atom. The average Bonchev–Trinajstić information content (AvgIpc) is 3.03. The molecular formula is C18H28ClIN4O. The van der Waals surface area contributed by atoms with Crippen molar-refractivity contribution in [1.29, 1.82) is 0 Å². The molecule has 2 atom stereocenters. The van der Waals surface area contributed by atoms with Crippen LogP contribution in [0, 0.1) is 0 Å². The van der Waals surface area contributed by atoms with Crippen LogP contribution in [0.15, 0.2) is 29.3 Å². The first-order chi connectivity index (χ1) is 11.7. The number of rotatable bonds is 4. The smallest absolute Gasteiger partial charge is 0.193 e. The van der Waals surface area contributed by atoms with E-state index >= 15 is 0 Å². The van der Waals surface area contributed by atoms with Gasteiger partial charge in [-0.25, -0.2) is 0 Å². The topological polar surface area (TPSA) is 40.1 Å². The summed E-state index contributed by atoms with van der Waals surface area (Å²) in [6.07, 6.45) is 2.82. The number of guanidine groups is 1. The van der Waals surface area contributed by atoms with Crippen LogP contribution in [-0.2, 0) is 11.3 Å². The second kappa shape index (κ2) is 9.94. The standard InChI is InChI=1S/C18H27ClN4O.HI/c1-20-18(22(2)11-14-5-3-6-15(19)9-14)21-10-17-12-23-8-4-7-16(23)13-24-17;/h3,5-6,9,16-17H,4,7-8,10-13H2,1-2H3,(H,20,21);1H. The van der Waals surface area contributed by atoms with Gasteiger partial charge >= 0.3 is 0 Å². The van der Waals surface area contributed by atoms with Crippen molar-refractivity contribution in [2.24, 2.45) is 4.99 Å². The number of ether oxygens (including phenoxy) is 1. The highest BCUT2D eigenvalue weighted by Crippen LogP contribution is 2.22. The van der Waals surface area contributed by atoms with Gasteiger partial charge in [-0.15, -0.1) is 24.0 Å². The summed E-state index contributed by atoms with van der Waals surface area (Å²) in [5, 5.41) is 4.21. The number of halogens is 2. The molecule has 0 bridgehead atoms. The zero-order chi connectivity index (χ0) is 16.9. The molecule has 2 aliphatic heterocycles. The van der Waals surface area contributed by atoms with Crippen molar-refractivity contribution in [3.8, 4) is 0 Å². The lowest BCUT2D eigenvalue weighted by atomic mass is 10.2. The zero-order valence-electron chi connectivity index (χ0n) is 14.9. The number of hydrogen-bond acceptors (Lipinski definition) is 3. The number of morpholine rings is 1. The van der Waals surface area contributed by atoms with Crippen molar-refractivity contribution in [3.05, 3.63) is 34.9 Å². The van der Waals surface area contributed by atoms with Gasteiger partial charge in [-0.1, -0.05) is 23.7 Å². The monoisotopic (exact) mass is 478 g/mol. The summed E-state index contributed by atoms with van der Waals surface area (Å²) < 4.78 is 6.01. The van der Waals surface area contributed by atoms with Crippen LogP contribution in [0.1, 0.15) is 18.4 Å². The molecule has 0 amide bonds. The summed E-state index contributed by atoms with van der Waals surface area (Å²) in [7, 11) is 3.85. The summed E-state index contributed by atoms with van der Waals surface area (Å²) in [6.45, 7) is 4.65. The number of hydrogen-bond donors (Lipinski definition) is 1. The molecule has 0 spiro atoms. The molecular weight excluding hydrogens is 451 g/mol. The third-order valence-corrected chi connectivity index (χ3v) is 5.07. The first-order valence-electron chi connectivity index (χ1n) is 8.67. The minimum Gasteiger partial charge on any atom is -0.373 e. The molecule has 1 aromatic rings. The molecule has 0 aromatic heterocycles. The molecule has 0 aliphatic carbocycles. The fourth-order valence-corrected chi connectivity index (χ4v) is 3.80. The van der Waals surface area contributed by atoms with E-state index in [1.165, 1.54) is 24.9 Å². The Balaban J connectivity index is 0.00000225. The Morgan fingerprint density at radius 2 is 2.32 bits per heavy atom. The SMILES string of the molecule is CN=C(NCC1CN2CCCC2CO1)N(C)Cc1cccc(Cl)c1.I. The number of nitrogens with zero attached hydrogens (tertiary/aromatic N) is 3. The highest BCUT2D eigenvalue weighted by molar-refractivity contribution is 14.0. The molecule has 0 saturated carbocycles. The van der Waals surface area contributed by atoms with E-state index in [4.69, 9.17) is 16.3 Å². The van der Waals surface area contributed by atoms with E-state index in [0.29, 0.717) is 6.04 Å². The van der Waals surface area contributed by atoms with Crippen LogP contribution in [0.3, 0.4) is 0 Å². The van der Waals surface area contributed by atoms with E-state index in [-0.39, 0.29) is 30.1 Å². The molecule has 2 heterocycles. The maximum absolute atomic E-state index is 6.06. The highest BCUT2D eigenvalue weighted by atomic mass is 127. The predicted molar refractivity (Wildman–Crippen MR) is 114 cm³/mol. The molecule has 5 nitrogen and oxygen atoms in total. The molecule has 25 heavy (non-hydrogen) atoms. The Morgan fingerprint density at radius 1 is 1.48 bits per heavy atom. The molecule has 1 N–H and O–H groups in total. The first-order valence-corrected chi connectivity index (χ1v) is 9.05. The molecule has 2 aliphatic rings. The number of fused-ring (bicyclic) bond motifs is 1.